The largest absolute Gasteiger partial charge is 0.370 e. The van der Waals surface area contributed by atoms with Crippen LogP contribution in [0.3, 0.4) is 0 Å². The summed E-state index contributed by atoms with van der Waals surface area (Å²) in [4.78, 5) is 39.6. The second-order valence-electron chi connectivity index (χ2n) is 8.54. The molecule has 0 atom stereocenters. The van der Waals surface area contributed by atoms with Crippen LogP contribution in [0.25, 0.3) is 11.0 Å². The second kappa shape index (κ2) is 8.05. The predicted molar refractivity (Wildman–Crippen MR) is 116 cm³/mol. The van der Waals surface area contributed by atoms with Gasteiger partial charge in [0.05, 0.1) is 22.4 Å². The quantitative estimate of drug-likeness (QED) is 0.804. The van der Waals surface area contributed by atoms with E-state index in [4.69, 9.17) is 0 Å². The molecule has 7 nitrogen and oxygen atoms in total. The normalized spacial score (nSPS) is 17.8. The fourth-order valence-electron chi connectivity index (χ4n) is 4.78. The molecule has 1 saturated carbocycles. The standard InChI is InChI=1S/C22H30N4O3/c1-24-18-13-16(23-20(27)12-15-8-4-3-5-9-15)17(26-10-6-7-11-26)14-19(18)25(2)22(29)21(24)28/h13-15H,3-12H2,1-2H3,(H,23,27). The van der Waals surface area contributed by atoms with Crippen LogP contribution in [0.4, 0.5) is 11.4 Å². The lowest BCUT2D eigenvalue weighted by Crippen LogP contribution is -2.39. The third kappa shape index (κ3) is 3.82. The molecule has 1 aliphatic carbocycles. The van der Waals surface area contributed by atoms with Crippen molar-refractivity contribution in [1.82, 2.24) is 9.13 Å². The number of aromatic nitrogens is 2. The van der Waals surface area contributed by atoms with E-state index in [9.17, 15) is 14.4 Å². The van der Waals surface area contributed by atoms with Gasteiger partial charge in [0.15, 0.2) is 0 Å². The molecule has 0 radical (unpaired) electrons. The number of carbonyl (C=O) groups excluding carboxylic acids is 1. The van der Waals surface area contributed by atoms with Crippen LogP contribution in [-0.2, 0) is 18.9 Å². The molecule has 1 aliphatic heterocycles. The summed E-state index contributed by atoms with van der Waals surface area (Å²) >= 11 is 0. The van der Waals surface area contributed by atoms with E-state index in [1.54, 1.807) is 14.1 Å². The summed E-state index contributed by atoms with van der Waals surface area (Å²) in [6.45, 7) is 1.85. The van der Waals surface area contributed by atoms with Gasteiger partial charge in [-0.25, -0.2) is 0 Å². The fraction of sp³-hybridized carbons (Fsp3) is 0.591. The lowest BCUT2D eigenvalue weighted by Gasteiger charge is -2.25. The zero-order chi connectivity index (χ0) is 20.5. The third-order valence-electron chi connectivity index (χ3n) is 6.53. The van der Waals surface area contributed by atoms with Gasteiger partial charge >= 0.3 is 11.1 Å². The van der Waals surface area contributed by atoms with E-state index in [0.29, 0.717) is 23.4 Å². The molecule has 0 bridgehead atoms. The molecule has 1 N–H and O–H groups in total. The maximum absolute atomic E-state index is 12.8. The van der Waals surface area contributed by atoms with E-state index in [0.717, 1.165) is 50.1 Å². The minimum atomic E-state index is -0.562. The van der Waals surface area contributed by atoms with Crippen LogP contribution in [0, 0.1) is 5.92 Å². The number of hydrogen-bond donors (Lipinski definition) is 1. The van der Waals surface area contributed by atoms with E-state index in [1.807, 2.05) is 12.1 Å². The minimum absolute atomic E-state index is 0.0338. The summed E-state index contributed by atoms with van der Waals surface area (Å²) in [7, 11) is 3.23. The molecule has 1 aromatic heterocycles. The number of rotatable bonds is 4. The number of nitrogens with one attached hydrogen (secondary N) is 1. The highest BCUT2D eigenvalue weighted by molar-refractivity contribution is 5.98. The SMILES string of the molecule is Cn1c(=O)c(=O)n(C)c2cc(N3CCCC3)c(NC(=O)CC3CCCCC3)cc21. The van der Waals surface area contributed by atoms with Gasteiger partial charge in [0.1, 0.15) is 0 Å². The Kier molecular flexibility index (Phi) is 5.48. The van der Waals surface area contributed by atoms with Crippen LogP contribution in [-0.4, -0.2) is 28.1 Å². The van der Waals surface area contributed by atoms with Crippen molar-refractivity contribution in [3.05, 3.63) is 32.8 Å². The van der Waals surface area contributed by atoms with Gasteiger partial charge in [0.25, 0.3) is 0 Å². The Morgan fingerprint density at radius 2 is 1.52 bits per heavy atom. The van der Waals surface area contributed by atoms with Crippen LogP contribution in [0.15, 0.2) is 21.7 Å². The van der Waals surface area contributed by atoms with Crippen molar-refractivity contribution in [3.63, 3.8) is 0 Å². The van der Waals surface area contributed by atoms with Crippen molar-refractivity contribution in [1.29, 1.82) is 0 Å². The number of nitrogens with zero attached hydrogens (tertiary/aromatic N) is 3. The van der Waals surface area contributed by atoms with Gasteiger partial charge in [-0.1, -0.05) is 19.3 Å². The van der Waals surface area contributed by atoms with Crippen LogP contribution in [0.1, 0.15) is 51.4 Å². The number of fused-ring (bicyclic) bond motifs is 1. The summed E-state index contributed by atoms with van der Waals surface area (Å²) in [5.41, 5.74) is 1.90. The molecule has 1 saturated heterocycles. The molecular weight excluding hydrogens is 368 g/mol. The van der Waals surface area contributed by atoms with Crippen LogP contribution < -0.4 is 21.3 Å². The molecule has 1 amide bonds. The summed E-state index contributed by atoms with van der Waals surface area (Å²) in [5, 5.41) is 3.12. The van der Waals surface area contributed by atoms with E-state index in [1.165, 1.54) is 28.4 Å². The molecule has 0 unspecified atom stereocenters. The molecule has 1 aromatic carbocycles. The Hall–Kier alpha value is -2.57. The van der Waals surface area contributed by atoms with E-state index in [-0.39, 0.29) is 5.91 Å². The first-order valence-corrected chi connectivity index (χ1v) is 10.7. The molecule has 4 rings (SSSR count). The summed E-state index contributed by atoms with van der Waals surface area (Å²) in [5.74, 6) is 0.496. The molecule has 2 fully saturated rings. The first-order valence-electron chi connectivity index (χ1n) is 10.7. The maximum Gasteiger partial charge on any atom is 0.316 e. The van der Waals surface area contributed by atoms with E-state index in [2.05, 4.69) is 10.2 Å². The van der Waals surface area contributed by atoms with Crippen molar-refractivity contribution in [3.8, 4) is 0 Å². The smallest absolute Gasteiger partial charge is 0.316 e. The average Bonchev–Trinajstić information content (AvgIpc) is 3.25. The maximum atomic E-state index is 12.8. The molecular formula is C22H30N4O3. The van der Waals surface area contributed by atoms with Crippen molar-refractivity contribution < 1.29 is 4.79 Å². The van der Waals surface area contributed by atoms with Gasteiger partial charge in [-0.3, -0.25) is 14.4 Å². The molecule has 29 heavy (non-hydrogen) atoms. The van der Waals surface area contributed by atoms with Gasteiger partial charge in [-0.15, -0.1) is 0 Å². The first-order chi connectivity index (χ1) is 14.0. The van der Waals surface area contributed by atoms with Crippen molar-refractivity contribution in [2.24, 2.45) is 20.0 Å². The highest BCUT2D eigenvalue weighted by Gasteiger charge is 2.22. The number of hydrogen-bond acceptors (Lipinski definition) is 4. The van der Waals surface area contributed by atoms with Crippen molar-refractivity contribution in [2.75, 3.05) is 23.3 Å². The Morgan fingerprint density at radius 3 is 2.14 bits per heavy atom. The Bertz CT molecular complexity index is 1040. The van der Waals surface area contributed by atoms with Gasteiger partial charge in [-0.05, 0) is 43.7 Å². The van der Waals surface area contributed by atoms with Crippen LogP contribution in [0.5, 0.6) is 0 Å². The lowest BCUT2D eigenvalue weighted by molar-refractivity contribution is -0.117. The van der Waals surface area contributed by atoms with Gasteiger partial charge in [0.2, 0.25) is 5.91 Å². The predicted octanol–water partition coefficient (Wildman–Crippen LogP) is 2.75. The third-order valence-corrected chi connectivity index (χ3v) is 6.53. The van der Waals surface area contributed by atoms with Crippen molar-refractivity contribution >= 4 is 28.3 Å². The molecule has 156 valence electrons. The highest BCUT2D eigenvalue weighted by Crippen LogP contribution is 2.33. The Morgan fingerprint density at radius 1 is 0.931 bits per heavy atom. The Balaban J connectivity index is 1.74. The van der Waals surface area contributed by atoms with Gasteiger partial charge < -0.3 is 19.4 Å². The Labute approximate surface area is 170 Å². The first kappa shape index (κ1) is 19.7. The zero-order valence-corrected chi connectivity index (χ0v) is 17.4. The van der Waals surface area contributed by atoms with Gasteiger partial charge in [-0.2, -0.15) is 0 Å². The molecule has 0 spiro atoms. The van der Waals surface area contributed by atoms with Crippen molar-refractivity contribution in [2.45, 2.75) is 51.4 Å². The summed E-state index contributed by atoms with van der Waals surface area (Å²) in [6.07, 6.45) is 8.71. The van der Waals surface area contributed by atoms with Crippen LogP contribution in [0.2, 0.25) is 0 Å². The number of benzene rings is 1. The monoisotopic (exact) mass is 398 g/mol. The van der Waals surface area contributed by atoms with Crippen LogP contribution >= 0.6 is 0 Å². The minimum Gasteiger partial charge on any atom is -0.370 e. The topological polar surface area (TPSA) is 76.3 Å². The number of carbonyl (C=O) groups is 1. The fourth-order valence-corrected chi connectivity index (χ4v) is 4.78. The lowest BCUT2D eigenvalue weighted by atomic mass is 9.87. The summed E-state index contributed by atoms with van der Waals surface area (Å²) in [6, 6.07) is 3.79. The number of amides is 1. The summed E-state index contributed by atoms with van der Waals surface area (Å²) < 4.78 is 2.78. The van der Waals surface area contributed by atoms with Gasteiger partial charge in [0, 0.05) is 33.6 Å². The van der Waals surface area contributed by atoms with E-state index < -0.39 is 11.1 Å². The number of anilines is 2. The molecule has 2 aliphatic rings. The average molecular weight is 399 g/mol. The highest BCUT2D eigenvalue weighted by atomic mass is 16.2. The molecule has 7 heteroatoms. The second-order valence-corrected chi connectivity index (χ2v) is 8.54. The van der Waals surface area contributed by atoms with E-state index >= 15 is 0 Å². The molecule has 2 aromatic rings. The number of aryl methyl sites for hydroxylation is 2. The zero-order valence-electron chi connectivity index (χ0n) is 17.4. The molecule has 2 heterocycles.